The molecule has 1 N–H and O–H groups in total. The Morgan fingerprint density at radius 3 is 2.12 bits per heavy atom. The standard InChI is InChI=1S/C19H20F3N3O5S2/c1-13(23-31(27,28)18-5-3-2-4-16(18)21)19(26)24-8-10-25(11-9-24)32(29,30)14-6-7-15(20)17(22)12-14/h2-7,12-13,23H,8-11H2,1H3/t13-/m0/s1. The van der Waals surface area contributed by atoms with Crippen molar-refractivity contribution in [1.82, 2.24) is 13.9 Å². The van der Waals surface area contributed by atoms with Crippen molar-refractivity contribution < 1.29 is 34.8 Å². The van der Waals surface area contributed by atoms with Gasteiger partial charge < -0.3 is 4.90 Å². The molecule has 0 radical (unpaired) electrons. The predicted molar refractivity (Wildman–Crippen MR) is 108 cm³/mol. The molecule has 3 rings (SSSR count). The number of carbonyl (C=O) groups excluding carboxylic acids is 1. The highest BCUT2D eigenvalue weighted by molar-refractivity contribution is 7.89. The number of piperazine rings is 1. The highest BCUT2D eigenvalue weighted by atomic mass is 32.2. The van der Waals surface area contributed by atoms with Gasteiger partial charge in [-0.05, 0) is 37.3 Å². The van der Waals surface area contributed by atoms with Crippen LogP contribution in [0.3, 0.4) is 0 Å². The molecule has 1 fully saturated rings. The van der Waals surface area contributed by atoms with E-state index in [-0.39, 0.29) is 26.2 Å². The summed E-state index contributed by atoms with van der Waals surface area (Å²) >= 11 is 0. The van der Waals surface area contributed by atoms with E-state index in [0.29, 0.717) is 12.1 Å². The Morgan fingerprint density at radius 2 is 1.53 bits per heavy atom. The van der Waals surface area contributed by atoms with Gasteiger partial charge in [0, 0.05) is 26.2 Å². The number of nitrogens with one attached hydrogen (secondary N) is 1. The monoisotopic (exact) mass is 491 g/mol. The maximum Gasteiger partial charge on any atom is 0.244 e. The molecule has 1 amide bonds. The SMILES string of the molecule is C[C@H](NS(=O)(=O)c1ccccc1F)C(=O)N1CCN(S(=O)(=O)c2ccc(F)c(F)c2)CC1. The third kappa shape index (κ3) is 4.95. The van der Waals surface area contributed by atoms with Crippen LogP contribution in [0.4, 0.5) is 13.2 Å². The average Bonchev–Trinajstić information content (AvgIpc) is 2.75. The molecule has 174 valence electrons. The number of rotatable bonds is 6. The first-order valence-corrected chi connectivity index (χ1v) is 12.4. The summed E-state index contributed by atoms with van der Waals surface area (Å²) in [6.45, 7) is 0.950. The van der Waals surface area contributed by atoms with Crippen molar-refractivity contribution in [2.75, 3.05) is 26.2 Å². The number of hydrogen-bond donors (Lipinski definition) is 1. The van der Waals surface area contributed by atoms with Gasteiger partial charge in [-0.15, -0.1) is 0 Å². The number of benzene rings is 2. The maximum absolute atomic E-state index is 13.8. The summed E-state index contributed by atoms with van der Waals surface area (Å²) in [5.41, 5.74) is 0. The van der Waals surface area contributed by atoms with Crippen molar-refractivity contribution in [2.45, 2.75) is 22.8 Å². The smallest absolute Gasteiger partial charge is 0.244 e. The summed E-state index contributed by atoms with van der Waals surface area (Å²) in [4.78, 5) is 12.9. The zero-order valence-corrected chi connectivity index (χ0v) is 18.5. The Morgan fingerprint density at radius 1 is 0.906 bits per heavy atom. The number of amides is 1. The van der Waals surface area contributed by atoms with Crippen LogP contribution in [0.15, 0.2) is 52.3 Å². The van der Waals surface area contributed by atoms with Crippen LogP contribution < -0.4 is 4.72 Å². The second-order valence-electron chi connectivity index (χ2n) is 7.08. The minimum Gasteiger partial charge on any atom is -0.339 e. The second kappa shape index (κ2) is 9.17. The van der Waals surface area contributed by atoms with E-state index in [1.807, 2.05) is 0 Å². The van der Waals surface area contributed by atoms with E-state index in [9.17, 15) is 34.8 Å². The molecule has 1 saturated heterocycles. The molecule has 1 atom stereocenters. The van der Waals surface area contributed by atoms with Crippen LogP contribution in [0.5, 0.6) is 0 Å². The fourth-order valence-electron chi connectivity index (χ4n) is 3.22. The molecule has 13 heteroatoms. The number of halogens is 3. The zero-order valence-electron chi connectivity index (χ0n) is 16.8. The van der Waals surface area contributed by atoms with E-state index in [1.165, 1.54) is 24.0 Å². The molecule has 0 aromatic heterocycles. The quantitative estimate of drug-likeness (QED) is 0.656. The van der Waals surface area contributed by atoms with Gasteiger partial charge in [0.1, 0.15) is 10.7 Å². The number of hydrogen-bond acceptors (Lipinski definition) is 5. The Hall–Kier alpha value is -2.48. The maximum atomic E-state index is 13.8. The topological polar surface area (TPSA) is 104 Å². The van der Waals surface area contributed by atoms with E-state index in [0.717, 1.165) is 22.5 Å². The minimum atomic E-state index is -4.30. The molecule has 0 saturated carbocycles. The van der Waals surface area contributed by atoms with E-state index in [1.54, 1.807) is 0 Å². The molecule has 1 heterocycles. The third-order valence-electron chi connectivity index (χ3n) is 4.91. The molecule has 0 unspecified atom stereocenters. The molecule has 2 aromatic rings. The van der Waals surface area contributed by atoms with E-state index < -0.39 is 59.2 Å². The van der Waals surface area contributed by atoms with Gasteiger partial charge in [0.15, 0.2) is 11.6 Å². The number of carbonyl (C=O) groups is 1. The van der Waals surface area contributed by atoms with Crippen LogP contribution >= 0.6 is 0 Å². The van der Waals surface area contributed by atoms with Gasteiger partial charge in [-0.1, -0.05) is 12.1 Å². The average molecular weight is 492 g/mol. The lowest BCUT2D eigenvalue weighted by atomic mass is 10.2. The van der Waals surface area contributed by atoms with Gasteiger partial charge in [-0.3, -0.25) is 4.79 Å². The lowest BCUT2D eigenvalue weighted by Gasteiger charge is -2.35. The first-order chi connectivity index (χ1) is 14.9. The summed E-state index contributed by atoms with van der Waals surface area (Å²) in [5, 5.41) is 0. The Bertz CT molecular complexity index is 1230. The Kier molecular flexibility index (Phi) is 6.93. The molecule has 0 spiro atoms. The van der Waals surface area contributed by atoms with Gasteiger partial charge >= 0.3 is 0 Å². The molecule has 0 aliphatic carbocycles. The number of nitrogens with zero attached hydrogens (tertiary/aromatic N) is 2. The van der Waals surface area contributed by atoms with Gasteiger partial charge in [-0.2, -0.15) is 9.03 Å². The molecular weight excluding hydrogens is 471 g/mol. The predicted octanol–water partition coefficient (Wildman–Crippen LogP) is 1.30. The van der Waals surface area contributed by atoms with Crippen LogP contribution in [0.25, 0.3) is 0 Å². The molecule has 32 heavy (non-hydrogen) atoms. The van der Waals surface area contributed by atoms with Crippen LogP contribution in [-0.4, -0.2) is 64.2 Å². The van der Waals surface area contributed by atoms with Crippen molar-refractivity contribution >= 4 is 26.0 Å². The highest BCUT2D eigenvalue weighted by Crippen LogP contribution is 2.20. The van der Waals surface area contributed by atoms with Crippen LogP contribution in [0.2, 0.25) is 0 Å². The molecule has 8 nitrogen and oxygen atoms in total. The number of sulfonamides is 2. The molecule has 0 bridgehead atoms. The van der Waals surface area contributed by atoms with Crippen molar-refractivity contribution in [3.63, 3.8) is 0 Å². The van der Waals surface area contributed by atoms with Crippen molar-refractivity contribution in [2.24, 2.45) is 0 Å². The van der Waals surface area contributed by atoms with Gasteiger partial charge in [-0.25, -0.2) is 30.0 Å². The largest absolute Gasteiger partial charge is 0.339 e. The van der Waals surface area contributed by atoms with Crippen molar-refractivity contribution in [1.29, 1.82) is 0 Å². The lowest BCUT2D eigenvalue weighted by molar-refractivity contribution is -0.133. The minimum absolute atomic E-state index is 0.0481. The second-order valence-corrected chi connectivity index (χ2v) is 10.7. The summed E-state index contributed by atoms with van der Waals surface area (Å²) in [6, 6.07) is 5.74. The van der Waals surface area contributed by atoms with Crippen LogP contribution in [0.1, 0.15) is 6.92 Å². The Balaban J connectivity index is 1.65. The first kappa shape index (κ1) is 24.2. The van der Waals surface area contributed by atoms with E-state index in [4.69, 9.17) is 0 Å². The normalized spacial score (nSPS) is 16.7. The molecular formula is C19H20F3N3O5S2. The van der Waals surface area contributed by atoms with Gasteiger partial charge in [0.05, 0.1) is 10.9 Å². The Labute approximate surface area is 183 Å². The first-order valence-electron chi connectivity index (χ1n) is 9.44. The summed E-state index contributed by atoms with van der Waals surface area (Å²) in [7, 11) is -8.40. The molecule has 2 aromatic carbocycles. The van der Waals surface area contributed by atoms with E-state index in [2.05, 4.69) is 4.72 Å². The van der Waals surface area contributed by atoms with Gasteiger partial charge in [0.25, 0.3) is 0 Å². The van der Waals surface area contributed by atoms with E-state index >= 15 is 0 Å². The highest BCUT2D eigenvalue weighted by Gasteiger charge is 2.33. The van der Waals surface area contributed by atoms with Crippen molar-refractivity contribution in [3.8, 4) is 0 Å². The van der Waals surface area contributed by atoms with Crippen LogP contribution in [-0.2, 0) is 24.8 Å². The fraction of sp³-hybridized carbons (Fsp3) is 0.316. The fourth-order valence-corrected chi connectivity index (χ4v) is 5.93. The summed E-state index contributed by atoms with van der Waals surface area (Å²) < 4.78 is 93.5. The summed E-state index contributed by atoms with van der Waals surface area (Å²) in [6.07, 6.45) is 0. The van der Waals surface area contributed by atoms with Gasteiger partial charge in [0.2, 0.25) is 26.0 Å². The van der Waals surface area contributed by atoms with Crippen molar-refractivity contribution in [3.05, 3.63) is 59.9 Å². The zero-order chi connectivity index (χ0) is 23.7. The lowest BCUT2D eigenvalue weighted by Crippen LogP contribution is -2.55. The third-order valence-corrected chi connectivity index (χ3v) is 8.38. The molecule has 1 aliphatic heterocycles. The van der Waals surface area contributed by atoms with Crippen LogP contribution in [0, 0.1) is 17.5 Å². The molecule has 1 aliphatic rings. The summed E-state index contributed by atoms with van der Waals surface area (Å²) in [5.74, 6) is -4.05.